The molecular formula is C14H27NO3Si. The summed E-state index contributed by atoms with van der Waals surface area (Å²) >= 11 is 0. The van der Waals surface area contributed by atoms with E-state index in [0.717, 1.165) is 18.2 Å². The molecule has 0 bridgehead atoms. The van der Waals surface area contributed by atoms with E-state index in [1.54, 1.807) is 0 Å². The molecule has 0 saturated heterocycles. The van der Waals surface area contributed by atoms with E-state index in [1.165, 1.54) is 0 Å². The summed E-state index contributed by atoms with van der Waals surface area (Å²) in [6.07, 6.45) is 0.780. The van der Waals surface area contributed by atoms with Crippen molar-refractivity contribution in [1.82, 2.24) is 0 Å². The van der Waals surface area contributed by atoms with Gasteiger partial charge in [-0.15, -0.1) is 0 Å². The van der Waals surface area contributed by atoms with Crippen molar-refractivity contribution in [2.45, 2.75) is 32.9 Å². The first-order valence-electron chi connectivity index (χ1n) is 6.77. The van der Waals surface area contributed by atoms with Crippen LogP contribution in [0.4, 0.5) is 5.69 Å². The van der Waals surface area contributed by atoms with Gasteiger partial charge in [0.05, 0.1) is 0 Å². The van der Waals surface area contributed by atoms with Gasteiger partial charge in [-0.25, -0.2) is 0 Å². The fourth-order valence-electron chi connectivity index (χ4n) is 1.65. The highest BCUT2D eigenvalue weighted by atomic mass is 28.4. The van der Waals surface area contributed by atoms with Crippen LogP contribution in [0.25, 0.3) is 0 Å². The molecule has 1 aromatic rings. The van der Waals surface area contributed by atoms with Gasteiger partial charge in [0.15, 0.2) is 0 Å². The Hall–Kier alpha value is -0.883. The molecule has 0 radical (unpaired) electrons. The van der Waals surface area contributed by atoms with Crippen molar-refractivity contribution in [2.75, 3.05) is 25.6 Å². The SMILES string of the molecule is CCO[Si](C)(CCCO)OCC.Nc1ccccc1. The lowest BCUT2D eigenvalue weighted by atomic mass is 10.3. The average molecular weight is 285 g/mol. The van der Waals surface area contributed by atoms with Gasteiger partial charge in [0.1, 0.15) is 0 Å². The molecule has 19 heavy (non-hydrogen) atoms. The minimum atomic E-state index is -1.93. The Morgan fingerprint density at radius 2 is 1.63 bits per heavy atom. The number of hydrogen-bond acceptors (Lipinski definition) is 4. The first kappa shape index (κ1) is 18.1. The zero-order valence-corrected chi connectivity index (χ0v) is 13.3. The third-order valence-corrected chi connectivity index (χ3v) is 5.55. The second kappa shape index (κ2) is 11.0. The largest absolute Gasteiger partial charge is 0.399 e. The van der Waals surface area contributed by atoms with Crippen LogP contribution in [0, 0.1) is 0 Å². The molecule has 3 N–H and O–H groups in total. The first-order chi connectivity index (χ1) is 9.08. The van der Waals surface area contributed by atoms with Crippen LogP contribution in [0.5, 0.6) is 0 Å². The molecular weight excluding hydrogens is 258 g/mol. The van der Waals surface area contributed by atoms with Crippen LogP contribution in [0.2, 0.25) is 12.6 Å². The molecule has 0 heterocycles. The van der Waals surface area contributed by atoms with Crippen molar-refractivity contribution >= 4 is 14.2 Å². The lowest BCUT2D eigenvalue weighted by Crippen LogP contribution is -2.38. The summed E-state index contributed by atoms with van der Waals surface area (Å²) in [4.78, 5) is 0. The highest BCUT2D eigenvalue weighted by Gasteiger charge is 2.29. The smallest absolute Gasteiger partial charge is 0.334 e. The number of aliphatic hydroxyl groups excluding tert-OH is 1. The zero-order valence-electron chi connectivity index (χ0n) is 12.3. The van der Waals surface area contributed by atoms with Crippen LogP contribution in [0.3, 0.4) is 0 Å². The first-order valence-corrected chi connectivity index (χ1v) is 9.29. The van der Waals surface area contributed by atoms with Gasteiger partial charge in [0.25, 0.3) is 0 Å². The van der Waals surface area contributed by atoms with Crippen LogP contribution in [0.15, 0.2) is 30.3 Å². The molecule has 0 atom stereocenters. The van der Waals surface area contributed by atoms with Crippen molar-refractivity contribution < 1.29 is 14.0 Å². The van der Waals surface area contributed by atoms with Gasteiger partial charge in [-0.1, -0.05) is 18.2 Å². The summed E-state index contributed by atoms with van der Waals surface area (Å²) in [6, 6.07) is 10.4. The summed E-state index contributed by atoms with van der Waals surface area (Å²) in [5.41, 5.74) is 6.18. The summed E-state index contributed by atoms with van der Waals surface area (Å²) < 4.78 is 11.2. The predicted molar refractivity (Wildman–Crippen MR) is 82.2 cm³/mol. The number of anilines is 1. The standard InChI is InChI=1S/C8H20O3Si.C6H7N/c1-4-10-12(3,11-5-2)8-6-7-9;7-6-4-2-1-3-5-6/h9H,4-8H2,1-3H3;1-5H,7H2. The lowest BCUT2D eigenvalue weighted by Gasteiger charge is -2.25. The quantitative estimate of drug-likeness (QED) is 0.597. The topological polar surface area (TPSA) is 64.7 Å². The number of benzene rings is 1. The van der Waals surface area contributed by atoms with Gasteiger partial charge in [0, 0.05) is 25.5 Å². The molecule has 0 spiro atoms. The molecule has 0 fully saturated rings. The van der Waals surface area contributed by atoms with Crippen molar-refractivity contribution in [3.05, 3.63) is 30.3 Å². The Labute approximate surface area is 117 Å². The maximum atomic E-state index is 8.68. The summed E-state index contributed by atoms with van der Waals surface area (Å²) in [5.74, 6) is 0. The van der Waals surface area contributed by atoms with Gasteiger partial charge < -0.3 is 19.7 Å². The maximum Gasteiger partial charge on any atom is 0.334 e. The average Bonchev–Trinajstić information content (AvgIpc) is 2.39. The number of nitrogen functional groups attached to an aromatic ring is 1. The van der Waals surface area contributed by atoms with Crippen LogP contribution in [0.1, 0.15) is 20.3 Å². The number of aliphatic hydroxyl groups is 1. The van der Waals surface area contributed by atoms with E-state index < -0.39 is 8.56 Å². The van der Waals surface area contributed by atoms with Gasteiger partial charge in [-0.3, -0.25) is 0 Å². The molecule has 4 nitrogen and oxygen atoms in total. The van der Waals surface area contributed by atoms with Crippen molar-refractivity contribution in [3.8, 4) is 0 Å². The second-order valence-corrected chi connectivity index (χ2v) is 7.58. The summed E-state index contributed by atoms with van der Waals surface area (Å²) in [5, 5.41) is 8.68. The van der Waals surface area contributed by atoms with E-state index in [1.807, 2.05) is 44.2 Å². The number of hydrogen-bond donors (Lipinski definition) is 2. The third kappa shape index (κ3) is 9.67. The number of rotatable bonds is 7. The van der Waals surface area contributed by atoms with Crippen LogP contribution >= 0.6 is 0 Å². The number of para-hydroxylation sites is 1. The van der Waals surface area contributed by atoms with E-state index in [0.29, 0.717) is 13.2 Å². The Balaban J connectivity index is 0.000000388. The molecule has 110 valence electrons. The zero-order chi connectivity index (χ0) is 14.6. The minimum Gasteiger partial charge on any atom is -0.399 e. The fraction of sp³-hybridized carbons (Fsp3) is 0.571. The molecule has 0 aliphatic carbocycles. The van der Waals surface area contributed by atoms with Crippen molar-refractivity contribution in [3.63, 3.8) is 0 Å². The van der Waals surface area contributed by atoms with Gasteiger partial charge in [-0.2, -0.15) is 0 Å². The van der Waals surface area contributed by atoms with E-state index in [2.05, 4.69) is 6.55 Å². The van der Waals surface area contributed by atoms with Crippen molar-refractivity contribution in [2.24, 2.45) is 0 Å². The highest BCUT2D eigenvalue weighted by Crippen LogP contribution is 2.15. The van der Waals surface area contributed by atoms with Gasteiger partial charge in [0.2, 0.25) is 0 Å². The molecule has 0 aromatic heterocycles. The normalized spacial score (nSPS) is 10.7. The highest BCUT2D eigenvalue weighted by molar-refractivity contribution is 6.66. The summed E-state index contributed by atoms with van der Waals surface area (Å²) in [7, 11) is -1.93. The van der Waals surface area contributed by atoms with Crippen LogP contribution < -0.4 is 5.73 Å². The molecule has 0 amide bonds. The van der Waals surface area contributed by atoms with Gasteiger partial charge >= 0.3 is 8.56 Å². The Kier molecular flexibility index (Phi) is 10.5. The van der Waals surface area contributed by atoms with E-state index in [9.17, 15) is 0 Å². The predicted octanol–water partition coefficient (Wildman–Crippen LogP) is 2.78. The van der Waals surface area contributed by atoms with E-state index in [-0.39, 0.29) is 6.61 Å². The molecule has 0 aliphatic heterocycles. The third-order valence-electron chi connectivity index (χ3n) is 2.49. The molecule has 0 unspecified atom stereocenters. The molecule has 1 rings (SSSR count). The molecule has 0 aliphatic rings. The second-order valence-electron chi connectivity index (χ2n) is 4.24. The molecule has 0 saturated carbocycles. The lowest BCUT2D eigenvalue weighted by molar-refractivity contribution is 0.184. The van der Waals surface area contributed by atoms with Gasteiger partial charge in [-0.05, 0) is 45.0 Å². The fourth-order valence-corrected chi connectivity index (χ4v) is 4.04. The van der Waals surface area contributed by atoms with Crippen LogP contribution in [-0.4, -0.2) is 33.5 Å². The van der Waals surface area contributed by atoms with Crippen LogP contribution in [-0.2, 0) is 8.85 Å². The molecule has 5 heteroatoms. The molecule has 1 aromatic carbocycles. The Morgan fingerprint density at radius 3 is 1.95 bits per heavy atom. The monoisotopic (exact) mass is 285 g/mol. The summed E-state index contributed by atoms with van der Waals surface area (Å²) in [6.45, 7) is 7.63. The minimum absolute atomic E-state index is 0.225. The Morgan fingerprint density at radius 1 is 1.11 bits per heavy atom. The van der Waals surface area contributed by atoms with E-state index in [4.69, 9.17) is 19.7 Å². The maximum absolute atomic E-state index is 8.68. The Bertz CT molecular complexity index is 303. The van der Waals surface area contributed by atoms with E-state index >= 15 is 0 Å². The number of nitrogens with two attached hydrogens (primary N) is 1. The van der Waals surface area contributed by atoms with Crippen molar-refractivity contribution in [1.29, 1.82) is 0 Å².